The maximum Gasteiger partial charge on any atom is 0.291 e. The van der Waals surface area contributed by atoms with E-state index in [2.05, 4.69) is 31.3 Å². The second-order valence-electron chi connectivity index (χ2n) is 7.32. The largest absolute Gasteiger partial charge is 0.347 e. The summed E-state index contributed by atoms with van der Waals surface area (Å²) >= 11 is 3.47. The van der Waals surface area contributed by atoms with Gasteiger partial charge in [-0.25, -0.2) is 9.67 Å². The third kappa shape index (κ3) is 4.17. The molecule has 0 spiro atoms. The number of rotatable bonds is 4. The zero-order valence-electron chi connectivity index (χ0n) is 15.9. The van der Waals surface area contributed by atoms with Crippen molar-refractivity contribution in [1.29, 1.82) is 0 Å². The Morgan fingerprint density at radius 2 is 1.71 bits per heavy atom. The molecule has 1 N–H and O–H groups in total. The van der Waals surface area contributed by atoms with Gasteiger partial charge in [0, 0.05) is 16.1 Å². The van der Waals surface area contributed by atoms with Crippen molar-refractivity contribution in [3.05, 3.63) is 64.4 Å². The van der Waals surface area contributed by atoms with Crippen molar-refractivity contribution in [2.24, 2.45) is 0 Å². The van der Waals surface area contributed by atoms with Gasteiger partial charge < -0.3 is 5.32 Å². The van der Waals surface area contributed by atoms with Gasteiger partial charge in [0.2, 0.25) is 5.82 Å². The molecule has 1 aliphatic carbocycles. The van der Waals surface area contributed by atoms with Gasteiger partial charge in [-0.3, -0.25) is 4.79 Å². The number of hydrogen-bond donors (Lipinski definition) is 1. The van der Waals surface area contributed by atoms with Crippen LogP contribution in [0, 0.1) is 6.92 Å². The highest BCUT2D eigenvalue weighted by Gasteiger charge is 2.22. The molecule has 5 nitrogen and oxygen atoms in total. The number of nitrogens with zero attached hydrogens (tertiary/aromatic N) is 3. The highest BCUT2D eigenvalue weighted by Crippen LogP contribution is 2.24. The summed E-state index contributed by atoms with van der Waals surface area (Å²) in [4.78, 5) is 17.4. The quantitative estimate of drug-likeness (QED) is 0.618. The van der Waals surface area contributed by atoms with Gasteiger partial charge in [-0.2, -0.15) is 0 Å². The van der Waals surface area contributed by atoms with Gasteiger partial charge in [0.05, 0.1) is 5.69 Å². The molecular formula is C22H23BrN4O. The van der Waals surface area contributed by atoms with Crippen LogP contribution in [-0.4, -0.2) is 26.7 Å². The maximum atomic E-state index is 12.8. The molecule has 1 aromatic heterocycles. The van der Waals surface area contributed by atoms with E-state index in [1.165, 1.54) is 24.8 Å². The fraction of sp³-hybridized carbons (Fsp3) is 0.318. The third-order valence-electron chi connectivity index (χ3n) is 5.13. The van der Waals surface area contributed by atoms with Crippen LogP contribution in [0.4, 0.5) is 0 Å². The summed E-state index contributed by atoms with van der Waals surface area (Å²) in [6.07, 6.45) is 5.65. The summed E-state index contributed by atoms with van der Waals surface area (Å²) in [5.41, 5.74) is 2.96. The number of carbonyl (C=O) groups is 1. The molecule has 0 bridgehead atoms. The molecule has 1 amide bonds. The summed E-state index contributed by atoms with van der Waals surface area (Å²) in [5, 5.41) is 7.67. The first kappa shape index (κ1) is 18.9. The summed E-state index contributed by atoms with van der Waals surface area (Å²) < 4.78 is 2.74. The van der Waals surface area contributed by atoms with Crippen LogP contribution < -0.4 is 5.32 Å². The van der Waals surface area contributed by atoms with Crippen molar-refractivity contribution in [2.75, 3.05) is 0 Å². The van der Waals surface area contributed by atoms with Gasteiger partial charge in [-0.05, 0) is 44.0 Å². The molecule has 0 aliphatic heterocycles. The fourth-order valence-electron chi connectivity index (χ4n) is 3.56. The molecular weight excluding hydrogens is 416 g/mol. The van der Waals surface area contributed by atoms with Gasteiger partial charge in [-0.1, -0.05) is 65.0 Å². The van der Waals surface area contributed by atoms with E-state index < -0.39 is 0 Å². The fourth-order valence-corrected chi connectivity index (χ4v) is 3.82. The van der Waals surface area contributed by atoms with Crippen molar-refractivity contribution >= 4 is 21.8 Å². The zero-order chi connectivity index (χ0) is 19.5. The standard InChI is InChI=1S/C22H23BrN4O/c1-15-7-13-19(14-8-15)27-21(16-9-11-17(23)12-10-16)25-20(26-27)22(28)24-18-5-3-2-4-6-18/h7-14,18H,2-6H2,1H3,(H,24,28). The van der Waals surface area contributed by atoms with E-state index in [-0.39, 0.29) is 17.8 Å². The predicted octanol–water partition coefficient (Wildman–Crippen LogP) is 5.07. The van der Waals surface area contributed by atoms with Gasteiger partial charge in [0.1, 0.15) is 0 Å². The zero-order valence-corrected chi connectivity index (χ0v) is 17.4. The Morgan fingerprint density at radius 1 is 1.04 bits per heavy atom. The SMILES string of the molecule is Cc1ccc(-n2nc(C(=O)NC3CCCCC3)nc2-c2ccc(Br)cc2)cc1. The number of carbonyl (C=O) groups excluding carboxylic acids is 1. The first-order valence-corrected chi connectivity index (χ1v) is 10.5. The van der Waals surface area contributed by atoms with Gasteiger partial charge in [0.25, 0.3) is 5.91 Å². The Kier molecular flexibility index (Phi) is 5.57. The van der Waals surface area contributed by atoms with E-state index in [0.29, 0.717) is 5.82 Å². The van der Waals surface area contributed by atoms with Crippen molar-refractivity contribution in [1.82, 2.24) is 20.1 Å². The first-order chi connectivity index (χ1) is 13.6. The number of hydrogen-bond acceptors (Lipinski definition) is 3. The van der Waals surface area contributed by atoms with Crippen molar-refractivity contribution in [2.45, 2.75) is 45.1 Å². The molecule has 0 unspecified atom stereocenters. The lowest BCUT2D eigenvalue weighted by molar-refractivity contribution is 0.0917. The second-order valence-corrected chi connectivity index (χ2v) is 8.24. The van der Waals surface area contributed by atoms with Crippen LogP contribution in [0.25, 0.3) is 17.1 Å². The molecule has 1 saturated carbocycles. The number of amides is 1. The number of aromatic nitrogens is 3. The molecule has 1 heterocycles. The number of benzene rings is 2. The normalized spacial score (nSPS) is 14.8. The van der Waals surface area contributed by atoms with E-state index in [4.69, 9.17) is 0 Å². The molecule has 1 fully saturated rings. The smallest absolute Gasteiger partial charge is 0.291 e. The minimum atomic E-state index is -0.198. The van der Waals surface area contributed by atoms with Crippen LogP contribution in [0.2, 0.25) is 0 Å². The number of nitrogens with one attached hydrogen (secondary N) is 1. The van der Waals surface area contributed by atoms with E-state index in [1.807, 2.05) is 55.5 Å². The van der Waals surface area contributed by atoms with Crippen LogP contribution >= 0.6 is 15.9 Å². The van der Waals surface area contributed by atoms with Crippen LogP contribution in [0.3, 0.4) is 0 Å². The van der Waals surface area contributed by atoms with Crippen LogP contribution in [-0.2, 0) is 0 Å². The van der Waals surface area contributed by atoms with Gasteiger partial charge >= 0.3 is 0 Å². The van der Waals surface area contributed by atoms with Crippen LogP contribution in [0.5, 0.6) is 0 Å². The monoisotopic (exact) mass is 438 g/mol. The van der Waals surface area contributed by atoms with E-state index in [1.54, 1.807) is 4.68 Å². The van der Waals surface area contributed by atoms with E-state index in [0.717, 1.165) is 28.6 Å². The maximum absolute atomic E-state index is 12.8. The lowest BCUT2D eigenvalue weighted by atomic mass is 9.95. The molecule has 2 aromatic carbocycles. The van der Waals surface area contributed by atoms with E-state index in [9.17, 15) is 4.79 Å². The molecule has 4 rings (SSSR count). The summed E-state index contributed by atoms with van der Waals surface area (Å²) in [6.45, 7) is 2.05. The van der Waals surface area contributed by atoms with E-state index >= 15 is 0 Å². The van der Waals surface area contributed by atoms with Crippen molar-refractivity contribution in [3.8, 4) is 17.1 Å². The molecule has 1 aliphatic rings. The molecule has 144 valence electrons. The average molecular weight is 439 g/mol. The van der Waals surface area contributed by atoms with Crippen LogP contribution in [0.1, 0.15) is 48.3 Å². The Labute approximate surface area is 173 Å². The summed E-state index contributed by atoms with van der Waals surface area (Å²) in [5.74, 6) is 0.672. The van der Waals surface area contributed by atoms with Crippen LogP contribution in [0.15, 0.2) is 53.0 Å². The minimum absolute atomic E-state index is 0.198. The number of halogens is 1. The molecule has 3 aromatic rings. The highest BCUT2D eigenvalue weighted by atomic mass is 79.9. The first-order valence-electron chi connectivity index (χ1n) is 9.71. The summed E-state index contributed by atoms with van der Waals surface area (Å²) in [6, 6.07) is 16.2. The topological polar surface area (TPSA) is 59.8 Å². The predicted molar refractivity (Wildman–Crippen MR) is 114 cm³/mol. The molecule has 0 atom stereocenters. The van der Waals surface area contributed by atoms with Gasteiger partial charge in [0.15, 0.2) is 5.82 Å². The lowest BCUT2D eigenvalue weighted by Gasteiger charge is -2.21. The Bertz CT molecular complexity index is 894. The van der Waals surface area contributed by atoms with Gasteiger partial charge in [-0.15, -0.1) is 5.10 Å². The lowest BCUT2D eigenvalue weighted by Crippen LogP contribution is -2.36. The second kappa shape index (κ2) is 8.27. The molecule has 28 heavy (non-hydrogen) atoms. The number of aryl methyl sites for hydroxylation is 1. The molecule has 6 heteroatoms. The molecule has 0 saturated heterocycles. The Balaban J connectivity index is 1.69. The molecule has 0 radical (unpaired) electrons. The summed E-state index contributed by atoms with van der Waals surface area (Å²) in [7, 11) is 0. The van der Waals surface area contributed by atoms with Crippen molar-refractivity contribution in [3.63, 3.8) is 0 Å². The van der Waals surface area contributed by atoms with Crippen molar-refractivity contribution < 1.29 is 4.79 Å². The minimum Gasteiger partial charge on any atom is -0.347 e. The average Bonchev–Trinajstić information content (AvgIpc) is 3.15. The Hall–Kier alpha value is -2.47. The highest BCUT2D eigenvalue weighted by molar-refractivity contribution is 9.10. The Morgan fingerprint density at radius 3 is 2.39 bits per heavy atom. The third-order valence-corrected chi connectivity index (χ3v) is 5.66.